The van der Waals surface area contributed by atoms with Gasteiger partial charge in [0.1, 0.15) is 0 Å². The Labute approximate surface area is 114 Å². The van der Waals surface area contributed by atoms with Crippen molar-refractivity contribution in [2.75, 3.05) is 7.05 Å². The van der Waals surface area contributed by atoms with Crippen LogP contribution in [0.5, 0.6) is 0 Å². The fraction of sp³-hybridized carbons (Fsp3) is 0.250. The lowest BCUT2D eigenvalue weighted by atomic mass is 9.97. The van der Waals surface area contributed by atoms with Crippen LogP contribution in [0.15, 0.2) is 48.5 Å². The molecule has 1 N–H and O–H groups in total. The van der Waals surface area contributed by atoms with E-state index in [-0.39, 0.29) is 6.04 Å². The Kier molecular flexibility index (Phi) is 4.40. The molecule has 0 spiro atoms. The van der Waals surface area contributed by atoms with Crippen molar-refractivity contribution in [2.45, 2.75) is 19.4 Å². The molecule has 0 aliphatic rings. The minimum atomic E-state index is 0.190. The van der Waals surface area contributed by atoms with E-state index in [0.29, 0.717) is 0 Å². The lowest BCUT2D eigenvalue weighted by Gasteiger charge is -2.18. The highest BCUT2D eigenvalue weighted by Crippen LogP contribution is 2.24. The highest BCUT2D eigenvalue weighted by atomic mass is 35.5. The average molecular weight is 260 g/mol. The molecule has 0 aliphatic heterocycles. The zero-order valence-corrected chi connectivity index (χ0v) is 11.5. The second-order valence-corrected chi connectivity index (χ2v) is 4.81. The molecule has 0 heterocycles. The van der Waals surface area contributed by atoms with Crippen molar-refractivity contribution >= 4 is 11.6 Å². The number of halogens is 1. The summed E-state index contributed by atoms with van der Waals surface area (Å²) < 4.78 is 0. The summed E-state index contributed by atoms with van der Waals surface area (Å²) in [6.07, 6.45) is 1.06. The van der Waals surface area contributed by atoms with Crippen LogP contribution in [0, 0.1) is 0 Å². The van der Waals surface area contributed by atoms with Gasteiger partial charge in [-0.25, -0.2) is 0 Å². The summed E-state index contributed by atoms with van der Waals surface area (Å²) >= 11 is 6.06. The van der Waals surface area contributed by atoms with Gasteiger partial charge in [-0.05, 0) is 42.3 Å². The number of hydrogen-bond acceptors (Lipinski definition) is 1. The fourth-order valence-corrected chi connectivity index (χ4v) is 2.40. The minimum Gasteiger partial charge on any atom is -0.309 e. The van der Waals surface area contributed by atoms with Gasteiger partial charge in [0.2, 0.25) is 0 Å². The van der Waals surface area contributed by atoms with Gasteiger partial charge >= 0.3 is 0 Å². The van der Waals surface area contributed by atoms with Gasteiger partial charge in [-0.2, -0.15) is 0 Å². The Balaban J connectivity index is 2.38. The van der Waals surface area contributed by atoms with Gasteiger partial charge < -0.3 is 5.32 Å². The van der Waals surface area contributed by atoms with E-state index in [0.717, 1.165) is 11.4 Å². The third kappa shape index (κ3) is 2.92. The first-order valence-corrected chi connectivity index (χ1v) is 6.64. The van der Waals surface area contributed by atoms with Gasteiger partial charge in [-0.3, -0.25) is 0 Å². The highest BCUT2D eigenvalue weighted by molar-refractivity contribution is 6.30. The lowest BCUT2D eigenvalue weighted by molar-refractivity contribution is 0.691. The van der Waals surface area contributed by atoms with Crippen LogP contribution in [-0.4, -0.2) is 7.05 Å². The summed E-state index contributed by atoms with van der Waals surface area (Å²) in [5, 5.41) is 4.13. The predicted octanol–water partition coefficient (Wildman–Crippen LogP) is 4.21. The molecule has 2 heteroatoms. The van der Waals surface area contributed by atoms with Crippen LogP contribution in [-0.2, 0) is 6.42 Å². The van der Waals surface area contributed by atoms with E-state index in [9.17, 15) is 0 Å². The van der Waals surface area contributed by atoms with E-state index in [1.165, 1.54) is 16.7 Å². The van der Waals surface area contributed by atoms with Gasteiger partial charge in [0.25, 0.3) is 0 Å². The zero-order chi connectivity index (χ0) is 13.0. The quantitative estimate of drug-likeness (QED) is 0.867. The van der Waals surface area contributed by atoms with Gasteiger partial charge in [-0.15, -0.1) is 0 Å². The van der Waals surface area contributed by atoms with E-state index in [1.807, 2.05) is 25.2 Å². The van der Waals surface area contributed by atoms with Crippen LogP contribution in [0.25, 0.3) is 0 Å². The third-order valence-electron chi connectivity index (χ3n) is 3.16. The number of benzene rings is 2. The third-order valence-corrected chi connectivity index (χ3v) is 3.40. The van der Waals surface area contributed by atoms with Crippen molar-refractivity contribution in [1.82, 2.24) is 5.32 Å². The summed E-state index contributed by atoms with van der Waals surface area (Å²) in [5.74, 6) is 0. The van der Waals surface area contributed by atoms with Crippen LogP contribution in [0.4, 0.5) is 0 Å². The Morgan fingerprint density at radius 3 is 2.33 bits per heavy atom. The summed E-state index contributed by atoms with van der Waals surface area (Å²) in [6.45, 7) is 2.17. The number of aryl methyl sites for hydroxylation is 1. The topological polar surface area (TPSA) is 12.0 Å². The first-order chi connectivity index (χ1) is 8.74. The maximum Gasteiger partial charge on any atom is 0.0574 e. The molecule has 2 aromatic rings. The highest BCUT2D eigenvalue weighted by Gasteiger charge is 2.12. The number of rotatable bonds is 4. The van der Waals surface area contributed by atoms with Crippen molar-refractivity contribution < 1.29 is 0 Å². The SMILES string of the molecule is CCc1cccc(C(NC)c2cccc(Cl)c2)c1. The molecule has 1 nitrogen and oxygen atoms in total. The van der Waals surface area contributed by atoms with Gasteiger partial charge in [0, 0.05) is 5.02 Å². The normalized spacial score (nSPS) is 12.4. The molecule has 0 aromatic heterocycles. The zero-order valence-electron chi connectivity index (χ0n) is 10.8. The maximum atomic E-state index is 6.06. The van der Waals surface area contributed by atoms with Crippen molar-refractivity contribution in [1.29, 1.82) is 0 Å². The molecule has 0 bridgehead atoms. The van der Waals surface area contributed by atoms with Crippen molar-refractivity contribution in [3.05, 3.63) is 70.2 Å². The first-order valence-electron chi connectivity index (χ1n) is 6.26. The second-order valence-electron chi connectivity index (χ2n) is 4.38. The van der Waals surface area contributed by atoms with Crippen molar-refractivity contribution in [2.24, 2.45) is 0 Å². The molecule has 1 atom stereocenters. The maximum absolute atomic E-state index is 6.06. The molecular weight excluding hydrogens is 242 g/mol. The van der Waals surface area contributed by atoms with Crippen molar-refractivity contribution in [3.8, 4) is 0 Å². The Bertz CT molecular complexity index is 522. The molecule has 18 heavy (non-hydrogen) atoms. The lowest BCUT2D eigenvalue weighted by Crippen LogP contribution is -2.17. The van der Waals surface area contributed by atoms with Gasteiger partial charge in [0.05, 0.1) is 6.04 Å². The summed E-state index contributed by atoms with van der Waals surface area (Å²) in [4.78, 5) is 0. The Morgan fingerprint density at radius 2 is 1.72 bits per heavy atom. The number of hydrogen-bond donors (Lipinski definition) is 1. The molecule has 0 fully saturated rings. The first kappa shape index (κ1) is 13.1. The predicted molar refractivity (Wildman–Crippen MR) is 78.2 cm³/mol. The monoisotopic (exact) mass is 259 g/mol. The van der Waals surface area contributed by atoms with Crippen LogP contribution in [0.3, 0.4) is 0 Å². The van der Waals surface area contributed by atoms with Crippen LogP contribution in [0.2, 0.25) is 5.02 Å². The Morgan fingerprint density at radius 1 is 1.06 bits per heavy atom. The summed E-state index contributed by atoms with van der Waals surface area (Å²) in [5.41, 5.74) is 3.83. The average Bonchev–Trinajstić information content (AvgIpc) is 2.40. The Hall–Kier alpha value is -1.31. The fourth-order valence-electron chi connectivity index (χ4n) is 2.20. The molecule has 0 radical (unpaired) electrons. The molecule has 0 saturated carbocycles. The molecule has 0 amide bonds. The molecule has 2 rings (SSSR count). The largest absolute Gasteiger partial charge is 0.309 e. The molecule has 94 valence electrons. The summed E-state index contributed by atoms with van der Waals surface area (Å²) in [6, 6.07) is 16.9. The van der Waals surface area contributed by atoms with E-state index in [2.05, 4.69) is 42.6 Å². The smallest absolute Gasteiger partial charge is 0.0574 e. The molecule has 2 aromatic carbocycles. The van der Waals surface area contributed by atoms with Crippen LogP contribution >= 0.6 is 11.6 Å². The van der Waals surface area contributed by atoms with E-state index in [1.54, 1.807) is 0 Å². The second kappa shape index (κ2) is 6.03. The van der Waals surface area contributed by atoms with Gasteiger partial charge in [-0.1, -0.05) is 54.9 Å². The van der Waals surface area contributed by atoms with Crippen LogP contribution < -0.4 is 5.32 Å². The van der Waals surface area contributed by atoms with E-state index in [4.69, 9.17) is 11.6 Å². The number of nitrogens with one attached hydrogen (secondary N) is 1. The summed E-state index contributed by atoms with van der Waals surface area (Å²) in [7, 11) is 1.98. The molecule has 0 aliphatic carbocycles. The standard InChI is InChI=1S/C16H18ClN/c1-3-12-6-4-7-13(10-12)16(18-2)14-8-5-9-15(17)11-14/h4-11,16,18H,3H2,1-2H3. The van der Waals surface area contributed by atoms with Gasteiger partial charge in [0.15, 0.2) is 0 Å². The molecule has 0 saturated heterocycles. The van der Waals surface area contributed by atoms with E-state index >= 15 is 0 Å². The molecule has 1 unspecified atom stereocenters. The van der Waals surface area contributed by atoms with Crippen molar-refractivity contribution in [3.63, 3.8) is 0 Å². The van der Waals surface area contributed by atoms with Crippen LogP contribution in [0.1, 0.15) is 29.7 Å². The molecular formula is C16H18ClN. The minimum absolute atomic E-state index is 0.190. The van der Waals surface area contributed by atoms with E-state index < -0.39 is 0 Å².